The molecule has 0 heterocycles. The van der Waals surface area contributed by atoms with E-state index in [1.165, 1.54) is 6.08 Å². The van der Waals surface area contributed by atoms with Gasteiger partial charge >= 0.3 is 0 Å². The number of rotatable bonds is 2. The highest BCUT2D eigenvalue weighted by molar-refractivity contribution is 6.24. The van der Waals surface area contributed by atoms with Crippen molar-refractivity contribution in [3.63, 3.8) is 0 Å². The fourth-order valence-electron chi connectivity index (χ4n) is 0.983. The lowest BCUT2D eigenvalue weighted by molar-refractivity contribution is 0.345. The second-order valence-corrected chi connectivity index (χ2v) is 3.58. The minimum Gasteiger partial charge on any atom is -0.370 e. The molecule has 1 rings (SSSR count). The van der Waals surface area contributed by atoms with Gasteiger partial charge in [-0.05, 0) is 19.1 Å². The van der Waals surface area contributed by atoms with Crippen LogP contribution in [-0.2, 0) is 0 Å². The maximum Gasteiger partial charge on any atom is 0.205 e. The third-order valence-electron chi connectivity index (χ3n) is 1.68. The van der Waals surface area contributed by atoms with Crippen LogP contribution in [0.2, 0.25) is 0 Å². The minimum absolute atomic E-state index is 0.130. The van der Waals surface area contributed by atoms with Crippen molar-refractivity contribution >= 4 is 11.6 Å². The van der Waals surface area contributed by atoms with Crippen LogP contribution in [0.1, 0.15) is 13.3 Å². The normalized spacial score (nSPS) is 28.9. The van der Waals surface area contributed by atoms with E-state index in [0.717, 1.165) is 5.70 Å². The number of hydrogen-bond acceptors (Lipinski definition) is 2. The predicted octanol–water partition coefficient (Wildman–Crippen LogP) is 2.24. The molecule has 0 amide bonds. The van der Waals surface area contributed by atoms with Gasteiger partial charge in [-0.25, -0.2) is 4.39 Å². The molecule has 2 atom stereocenters. The van der Waals surface area contributed by atoms with Gasteiger partial charge in [-0.2, -0.15) is 5.26 Å². The van der Waals surface area contributed by atoms with Gasteiger partial charge in [-0.1, -0.05) is 17.7 Å². The highest BCUT2D eigenvalue weighted by Crippen LogP contribution is 2.28. The number of hydrogen-bond donors (Lipinski definition) is 1. The Kier molecular flexibility index (Phi) is 2.94. The van der Waals surface area contributed by atoms with Crippen molar-refractivity contribution < 1.29 is 4.39 Å². The van der Waals surface area contributed by atoms with Crippen molar-refractivity contribution in [1.82, 2.24) is 5.32 Å². The number of nitrogens with zero attached hydrogens (tertiary/aromatic N) is 1. The first-order chi connectivity index (χ1) is 6.03. The van der Waals surface area contributed by atoms with Crippen LogP contribution in [0.5, 0.6) is 0 Å². The highest BCUT2D eigenvalue weighted by atomic mass is 35.5. The van der Waals surface area contributed by atoms with Gasteiger partial charge in [0.05, 0.1) is 6.07 Å². The molecule has 13 heavy (non-hydrogen) atoms. The second kappa shape index (κ2) is 3.80. The minimum atomic E-state index is -1.76. The molecular formula is C9H10ClFN2. The third kappa shape index (κ3) is 3.08. The Morgan fingerprint density at radius 2 is 2.54 bits per heavy atom. The third-order valence-corrected chi connectivity index (χ3v) is 1.96. The molecule has 0 aromatic rings. The van der Waals surface area contributed by atoms with Gasteiger partial charge in [0.25, 0.3) is 0 Å². The molecule has 1 aliphatic carbocycles. The summed E-state index contributed by atoms with van der Waals surface area (Å²) in [6, 6.07) is 1.74. The first-order valence-corrected chi connectivity index (χ1v) is 4.35. The number of alkyl halides is 2. The maximum absolute atomic E-state index is 13.0. The standard InChI is InChI=1S/C9H10ClFN2/c1-7(6-12)13-8-2-4-9(10,11)5-3-8/h2-4,7,13H,5H2,1H3. The summed E-state index contributed by atoms with van der Waals surface area (Å²) in [5.74, 6) is 0. The predicted molar refractivity (Wildman–Crippen MR) is 49.7 cm³/mol. The molecule has 0 saturated heterocycles. The SMILES string of the molecule is CC(C#N)NC1=CCC(F)(Cl)C=C1. The Bertz CT molecular complexity index is 288. The topological polar surface area (TPSA) is 35.8 Å². The van der Waals surface area contributed by atoms with E-state index in [1.54, 1.807) is 19.1 Å². The fourth-order valence-corrected chi connectivity index (χ4v) is 1.12. The van der Waals surface area contributed by atoms with Gasteiger partial charge in [0.2, 0.25) is 5.13 Å². The number of nitriles is 1. The summed E-state index contributed by atoms with van der Waals surface area (Å²) >= 11 is 5.42. The van der Waals surface area contributed by atoms with Gasteiger partial charge < -0.3 is 5.32 Å². The lowest BCUT2D eigenvalue weighted by Gasteiger charge is -2.18. The van der Waals surface area contributed by atoms with E-state index in [4.69, 9.17) is 16.9 Å². The molecule has 1 aliphatic rings. The van der Waals surface area contributed by atoms with Crippen molar-refractivity contribution in [2.24, 2.45) is 0 Å². The number of nitrogens with one attached hydrogen (secondary N) is 1. The molecule has 0 aliphatic heterocycles. The largest absolute Gasteiger partial charge is 0.370 e. The van der Waals surface area contributed by atoms with Crippen LogP contribution in [0.15, 0.2) is 23.9 Å². The lowest BCUT2D eigenvalue weighted by Crippen LogP contribution is -2.25. The molecule has 0 aromatic carbocycles. The average Bonchev–Trinajstić information content (AvgIpc) is 2.08. The van der Waals surface area contributed by atoms with E-state index < -0.39 is 5.13 Å². The Morgan fingerprint density at radius 3 is 3.00 bits per heavy atom. The monoisotopic (exact) mass is 200 g/mol. The van der Waals surface area contributed by atoms with Gasteiger partial charge in [0, 0.05) is 12.1 Å². The summed E-state index contributed by atoms with van der Waals surface area (Å²) in [5, 5.41) is 9.64. The Balaban J connectivity index is 2.54. The lowest BCUT2D eigenvalue weighted by atomic mass is 10.1. The molecule has 1 N–H and O–H groups in total. The van der Waals surface area contributed by atoms with E-state index in [2.05, 4.69) is 5.32 Å². The van der Waals surface area contributed by atoms with Crippen molar-refractivity contribution in [3.05, 3.63) is 23.9 Å². The molecule has 0 spiro atoms. The maximum atomic E-state index is 13.0. The second-order valence-electron chi connectivity index (χ2n) is 2.95. The first kappa shape index (κ1) is 10.1. The van der Waals surface area contributed by atoms with Gasteiger partial charge in [0.1, 0.15) is 6.04 Å². The summed E-state index contributed by atoms with van der Waals surface area (Å²) in [5.41, 5.74) is 0.739. The average molecular weight is 201 g/mol. The van der Waals surface area contributed by atoms with Crippen molar-refractivity contribution in [2.45, 2.75) is 24.5 Å². The zero-order valence-electron chi connectivity index (χ0n) is 7.22. The summed E-state index contributed by atoms with van der Waals surface area (Å²) in [6.07, 6.45) is 4.59. The van der Waals surface area contributed by atoms with Crippen molar-refractivity contribution in [3.8, 4) is 6.07 Å². The number of allylic oxidation sites excluding steroid dienone is 3. The summed E-state index contributed by atoms with van der Waals surface area (Å²) in [4.78, 5) is 0. The van der Waals surface area contributed by atoms with Crippen LogP contribution in [0.25, 0.3) is 0 Å². The highest BCUT2D eigenvalue weighted by Gasteiger charge is 2.23. The molecule has 4 heteroatoms. The zero-order valence-corrected chi connectivity index (χ0v) is 7.98. The van der Waals surface area contributed by atoms with Crippen LogP contribution in [-0.4, -0.2) is 11.2 Å². The molecule has 2 nitrogen and oxygen atoms in total. The molecular weight excluding hydrogens is 191 g/mol. The van der Waals surface area contributed by atoms with Gasteiger partial charge in [0.15, 0.2) is 0 Å². The van der Waals surface area contributed by atoms with E-state index in [1.807, 2.05) is 6.07 Å². The number of halogens is 2. The molecule has 0 saturated carbocycles. The smallest absolute Gasteiger partial charge is 0.205 e. The quantitative estimate of drug-likeness (QED) is 0.694. The first-order valence-electron chi connectivity index (χ1n) is 3.97. The van der Waals surface area contributed by atoms with E-state index in [9.17, 15) is 4.39 Å². The molecule has 0 bridgehead atoms. The molecule has 2 unspecified atom stereocenters. The van der Waals surface area contributed by atoms with E-state index in [-0.39, 0.29) is 12.5 Å². The van der Waals surface area contributed by atoms with Crippen LogP contribution in [0.3, 0.4) is 0 Å². The van der Waals surface area contributed by atoms with Crippen molar-refractivity contribution in [2.75, 3.05) is 0 Å². The van der Waals surface area contributed by atoms with Crippen LogP contribution < -0.4 is 5.32 Å². The molecule has 70 valence electrons. The molecule has 0 fully saturated rings. The molecule has 0 aromatic heterocycles. The van der Waals surface area contributed by atoms with Crippen LogP contribution in [0, 0.1) is 11.3 Å². The van der Waals surface area contributed by atoms with Gasteiger partial charge in [-0.15, -0.1) is 0 Å². The van der Waals surface area contributed by atoms with Crippen LogP contribution >= 0.6 is 11.6 Å². The van der Waals surface area contributed by atoms with Crippen molar-refractivity contribution in [1.29, 1.82) is 5.26 Å². The van der Waals surface area contributed by atoms with Gasteiger partial charge in [-0.3, -0.25) is 0 Å². The Morgan fingerprint density at radius 1 is 1.85 bits per heavy atom. The van der Waals surface area contributed by atoms with E-state index >= 15 is 0 Å². The fraction of sp³-hybridized carbons (Fsp3) is 0.444. The Hall–Kier alpha value is -1.01. The zero-order chi connectivity index (χ0) is 9.90. The summed E-state index contributed by atoms with van der Waals surface area (Å²) in [6.45, 7) is 1.73. The Labute approximate surface area is 81.7 Å². The molecule has 0 radical (unpaired) electrons. The van der Waals surface area contributed by atoms with Crippen LogP contribution in [0.4, 0.5) is 4.39 Å². The summed E-state index contributed by atoms with van der Waals surface area (Å²) in [7, 11) is 0. The summed E-state index contributed by atoms with van der Waals surface area (Å²) < 4.78 is 13.0. The van der Waals surface area contributed by atoms with E-state index in [0.29, 0.717) is 0 Å².